The topological polar surface area (TPSA) is 97.1 Å². The lowest BCUT2D eigenvalue weighted by Gasteiger charge is -2.06. The van der Waals surface area contributed by atoms with E-state index in [4.69, 9.17) is 5.11 Å². The molecule has 0 aliphatic rings. The predicted octanol–water partition coefficient (Wildman–Crippen LogP) is 1.59. The first-order chi connectivity index (χ1) is 11.1. The standard InChI is InChI=1S/C15H14N4O3S/c20-13(21)9-19-8-7-17-14(15(19)22)16-6-5-11-10-3-1-2-4-12(10)23-18-11/h1-4,7-8H,5-6,9H2,(H,16,17)(H,20,21). The second-order valence-electron chi connectivity index (χ2n) is 4.90. The fourth-order valence-corrected chi connectivity index (χ4v) is 3.08. The van der Waals surface area contributed by atoms with Crippen molar-refractivity contribution in [1.29, 1.82) is 0 Å². The summed E-state index contributed by atoms with van der Waals surface area (Å²) >= 11 is 1.45. The van der Waals surface area contributed by atoms with Crippen LogP contribution in [0.25, 0.3) is 10.1 Å². The molecule has 0 saturated heterocycles. The Balaban J connectivity index is 1.69. The number of carboxylic acids is 1. The molecule has 2 N–H and O–H groups in total. The van der Waals surface area contributed by atoms with Crippen molar-refractivity contribution in [2.75, 3.05) is 11.9 Å². The van der Waals surface area contributed by atoms with Crippen LogP contribution in [0.4, 0.5) is 5.82 Å². The Morgan fingerprint density at radius 3 is 3.00 bits per heavy atom. The van der Waals surface area contributed by atoms with Gasteiger partial charge in [0.2, 0.25) is 0 Å². The van der Waals surface area contributed by atoms with Crippen LogP contribution in [-0.2, 0) is 17.8 Å². The SMILES string of the molecule is O=C(O)Cn1ccnc(NCCc2nsc3ccccc23)c1=O. The highest BCUT2D eigenvalue weighted by Gasteiger charge is 2.09. The third kappa shape index (κ3) is 3.37. The van der Waals surface area contributed by atoms with E-state index in [2.05, 4.69) is 14.7 Å². The Morgan fingerprint density at radius 2 is 2.17 bits per heavy atom. The van der Waals surface area contributed by atoms with Gasteiger partial charge in [0.15, 0.2) is 5.82 Å². The molecule has 0 aliphatic heterocycles. The summed E-state index contributed by atoms with van der Waals surface area (Å²) in [6.45, 7) is 0.111. The average Bonchev–Trinajstić information content (AvgIpc) is 2.94. The monoisotopic (exact) mass is 330 g/mol. The Bertz CT molecular complexity index is 903. The first-order valence-electron chi connectivity index (χ1n) is 6.99. The quantitative estimate of drug-likeness (QED) is 0.712. The van der Waals surface area contributed by atoms with Gasteiger partial charge < -0.3 is 10.4 Å². The zero-order chi connectivity index (χ0) is 16.2. The van der Waals surface area contributed by atoms with Crippen LogP contribution in [0, 0.1) is 0 Å². The van der Waals surface area contributed by atoms with Gasteiger partial charge in [-0.3, -0.25) is 14.2 Å². The van der Waals surface area contributed by atoms with Crippen LogP contribution >= 0.6 is 11.5 Å². The first kappa shape index (κ1) is 15.2. The van der Waals surface area contributed by atoms with Crippen molar-refractivity contribution in [3.05, 3.63) is 52.7 Å². The Kier molecular flexibility index (Phi) is 4.33. The number of carboxylic acid groups (broad SMARTS) is 1. The molecule has 0 unspecified atom stereocenters. The average molecular weight is 330 g/mol. The minimum absolute atomic E-state index is 0.147. The number of carbonyl (C=O) groups is 1. The normalized spacial score (nSPS) is 10.8. The van der Waals surface area contributed by atoms with Crippen molar-refractivity contribution in [3.8, 4) is 0 Å². The lowest BCUT2D eigenvalue weighted by molar-refractivity contribution is -0.137. The molecule has 0 radical (unpaired) electrons. The molecule has 0 fully saturated rings. The van der Waals surface area contributed by atoms with Gasteiger partial charge in [0.25, 0.3) is 5.56 Å². The van der Waals surface area contributed by atoms with E-state index in [0.717, 1.165) is 20.3 Å². The molecule has 8 heteroatoms. The van der Waals surface area contributed by atoms with Gasteiger partial charge in [-0.15, -0.1) is 0 Å². The highest BCUT2D eigenvalue weighted by molar-refractivity contribution is 7.13. The van der Waals surface area contributed by atoms with Crippen molar-refractivity contribution in [2.45, 2.75) is 13.0 Å². The van der Waals surface area contributed by atoms with Gasteiger partial charge in [0, 0.05) is 30.7 Å². The van der Waals surface area contributed by atoms with E-state index in [-0.39, 0.29) is 12.4 Å². The molecule has 3 rings (SSSR count). The lowest BCUT2D eigenvalue weighted by Crippen LogP contribution is -2.27. The Labute approximate surface area is 135 Å². The minimum Gasteiger partial charge on any atom is -0.480 e. The molecule has 3 aromatic rings. The molecule has 23 heavy (non-hydrogen) atoms. The summed E-state index contributed by atoms with van der Waals surface area (Å²) in [7, 11) is 0. The van der Waals surface area contributed by atoms with Crippen molar-refractivity contribution in [2.24, 2.45) is 0 Å². The number of fused-ring (bicyclic) bond motifs is 1. The fourth-order valence-electron chi connectivity index (χ4n) is 2.26. The Morgan fingerprint density at radius 1 is 1.35 bits per heavy atom. The summed E-state index contributed by atoms with van der Waals surface area (Å²) in [6, 6.07) is 7.99. The van der Waals surface area contributed by atoms with Crippen LogP contribution < -0.4 is 10.9 Å². The molecule has 0 saturated carbocycles. The molecular weight excluding hydrogens is 316 g/mol. The lowest BCUT2D eigenvalue weighted by atomic mass is 10.2. The fraction of sp³-hybridized carbons (Fsp3) is 0.200. The van der Waals surface area contributed by atoms with E-state index in [0.29, 0.717) is 13.0 Å². The number of hydrogen-bond acceptors (Lipinski definition) is 6. The molecule has 0 aliphatic carbocycles. The molecule has 7 nitrogen and oxygen atoms in total. The second-order valence-corrected chi connectivity index (χ2v) is 5.71. The molecule has 0 bridgehead atoms. The second kappa shape index (κ2) is 6.57. The Hall–Kier alpha value is -2.74. The molecule has 0 spiro atoms. The van der Waals surface area contributed by atoms with E-state index in [1.807, 2.05) is 24.3 Å². The number of hydrogen-bond donors (Lipinski definition) is 2. The highest BCUT2D eigenvalue weighted by Crippen LogP contribution is 2.22. The number of benzene rings is 1. The summed E-state index contributed by atoms with van der Waals surface area (Å²) in [5.74, 6) is -0.925. The summed E-state index contributed by atoms with van der Waals surface area (Å²) in [4.78, 5) is 26.8. The largest absolute Gasteiger partial charge is 0.480 e. The van der Waals surface area contributed by atoms with Crippen LogP contribution in [0.1, 0.15) is 5.69 Å². The van der Waals surface area contributed by atoms with Crippen molar-refractivity contribution in [3.63, 3.8) is 0 Å². The van der Waals surface area contributed by atoms with E-state index in [9.17, 15) is 9.59 Å². The number of aliphatic carboxylic acids is 1. The number of nitrogens with zero attached hydrogens (tertiary/aromatic N) is 3. The van der Waals surface area contributed by atoms with Crippen molar-refractivity contribution in [1.82, 2.24) is 13.9 Å². The molecule has 118 valence electrons. The molecule has 2 heterocycles. The molecular formula is C15H14N4O3S. The van der Waals surface area contributed by atoms with Gasteiger partial charge in [0.1, 0.15) is 6.54 Å². The van der Waals surface area contributed by atoms with Crippen molar-refractivity contribution < 1.29 is 9.90 Å². The summed E-state index contributed by atoms with van der Waals surface area (Å²) in [6.07, 6.45) is 3.42. The zero-order valence-electron chi connectivity index (χ0n) is 12.1. The smallest absolute Gasteiger partial charge is 0.323 e. The van der Waals surface area contributed by atoms with E-state index in [1.165, 1.54) is 23.9 Å². The van der Waals surface area contributed by atoms with Crippen LogP contribution in [0.15, 0.2) is 41.5 Å². The first-order valence-corrected chi connectivity index (χ1v) is 7.77. The van der Waals surface area contributed by atoms with Crippen LogP contribution in [0.2, 0.25) is 0 Å². The summed E-state index contributed by atoms with van der Waals surface area (Å²) in [5.41, 5.74) is 0.526. The van der Waals surface area contributed by atoms with Crippen LogP contribution in [0.3, 0.4) is 0 Å². The highest BCUT2D eigenvalue weighted by atomic mass is 32.1. The predicted molar refractivity (Wildman–Crippen MR) is 87.9 cm³/mol. The van der Waals surface area contributed by atoms with Gasteiger partial charge in [-0.1, -0.05) is 18.2 Å². The van der Waals surface area contributed by atoms with Gasteiger partial charge in [-0.25, -0.2) is 4.98 Å². The maximum absolute atomic E-state index is 12.1. The molecule has 0 amide bonds. The van der Waals surface area contributed by atoms with Crippen LogP contribution in [0.5, 0.6) is 0 Å². The summed E-state index contributed by atoms with van der Waals surface area (Å²) in [5, 5.41) is 12.8. The number of anilines is 1. The third-order valence-electron chi connectivity index (χ3n) is 3.33. The molecule has 1 aromatic carbocycles. The number of rotatable bonds is 6. The van der Waals surface area contributed by atoms with Gasteiger partial charge in [-0.05, 0) is 17.6 Å². The van der Waals surface area contributed by atoms with Crippen molar-refractivity contribution >= 4 is 33.4 Å². The third-order valence-corrected chi connectivity index (χ3v) is 4.19. The summed E-state index contributed by atoms with van der Waals surface area (Å²) < 4.78 is 6.66. The van der Waals surface area contributed by atoms with E-state index >= 15 is 0 Å². The molecule has 0 atom stereocenters. The maximum Gasteiger partial charge on any atom is 0.323 e. The number of nitrogens with one attached hydrogen (secondary N) is 1. The van der Waals surface area contributed by atoms with E-state index in [1.54, 1.807) is 0 Å². The van der Waals surface area contributed by atoms with Gasteiger partial charge in [0.05, 0.1) is 10.4 Å². The van der Waals surface area contributed by atoms with Crippen LogP contribution in [-0.4, -0.2) is 31.5 Å². The number of aromatic nitrogens is 3. The van der Waals surface area contributed by atoms with Gasteiger partial charge in [-0.2, -0.15) is 4.37 Å². The maximum atomic E-state index is 12.1. The molecule has 2 aromatic heterocycles. The minimum atomic E-state index is -1.07. The zero-order valence-corrected chi connectivity index (χ0v) is 12.9. The van der Waals surface area contributed by atoms with E-state index < -0.39 is 11.5 Å². The van der Waals surface area contributed by atoms with Gasteiger partial charge >= 0.3 is 5.97 Å².